The lowest BCUT2D eigenvalue weighted by Crippen LogP contribution is -2.42. The second kappa shape index (κ2) is 10.00. The normalized spacial score (nSPS) is 15.3. The number of pyridine rings is 1. The standard InChI is InChI=1S/C29H36N6O4/c1-18-23(16-30-25-24(18)35(12-13-38-25)27(36)39-28(2,3)4)34-11-10-19-15-31-26(33-22(19)17-34)32-21-9-7-8-20(14-21)29(5,6)37/h7-9,14-16,37H,10-13,17H2,1-6H3,(H,31,32,33). The molecule has 10 nitrogen and oxygen atoms in total. The smallest absolute Gasteiger partial charge is 0.415 e. The number of fused-ring (bicyclic) bond motifs is 2. The lowest BCUT2D eigenvalue weighted by Gasteiger charge is -2.35. The van der Waals surface area contributed by atoms with Crippen molar-refractivity contribution in [3.63, 3.8) is 0 Å². The quantitative estimate of drug-likeness (QED) is 0.487. The lowest BCUT2D eigenvalue weighted by atomic mass is 9.98. The highest BCUT2D eigenvalue weighted by Crippen LogP contribution is 2.39. The van der Waals surface area contributed by atoms with Crippen molar-refractivity contribution in [2.45, 2.75) is 65.7 Å². The Morgan fingerprint density at radius 3 is 2.67 bits per heavy atom. The molecule has 0 saturated carbocycles. The maximum Gasteiger partial charge on any atom is 0.415 e. The molecular formula is C29H36N6O4. The Hall–Kier alpha value is -3.92. The van der Waals surface area contributed by atoms with Crippen molar-refractivity contribution in [1.82, 2.24) is 15.0 Å². The van der Waals surface area contributed by atoms with E-state index in [1.807, 2.05) is 58.2 Å². The van der Waals surface area contributed by atoms with E-state index in [4.69, 9.17) is 14.5 Å². The first-order valence-electron chi connectivity index (χ1n) is 13.2. The first-order chi connectivity index (χ1) is 18.4. The van der Waals surface area contributed by atoms with Gasteiger partial charge < -0.3 is 24.8 Å². The molecule has 4 heterocycles. The number of rotatable bonds is 4. The van der Waals surface area contributed by atoms with Crippen molar-refractivity contribution in [2.75, 3.05) is 34.8 Å². The van der Waals surface area contributed by atoms with Gasteiger partial charge in [0.15, 0.2) is 0 Å². The maximum atomic E-state index is 13.0. The fraction of sp³-hybridized carbons (Fsp3) is 0.448. The molecule has 0 unspecified atom stereocenters. The van der Waals surface area contributed by atoms with Gasteiger partial charge in [0.1, 0.15) is 17.9 Å². The van der Waals surface area contributed by atoms with E-state index in [0.29, 0.717) is 37.2 Å². The van der Waals surface area contributed by atoms with Crippen molar-refractivity contribution in [1.29, 1.82) is 0 Å². The van der Waals surface area contributed by atoms with Crippen molar-refractivity contribution in [2.24, 2.45) is 0 Å². The molecule has 5 rings (SSSR count). The number of carbonyl (C=O) groups is 1. The van der Waals surface area contributed by atoms with E-state index in [-0.39, 0.29) is 0 Å². The van der Waals surface area contributed by atoms with E-state index >= 15 is 0 Å². The van der Waals surface area contributed by atoms with Crippen LogP contribution in [0.1, 0.15) is 57.0 Å². The van der Waals surface area contributed by atoms with Crippen LogP contribution in [0.3, 0.4) is 0 Å². The summed E-state index contributed by atoms with van der Waals surface area (Å²) >= 11 is 0. The van der Waals surface area contributed by atoms with Crippen LogP contribution >= 0.6 is 0 Å². The molecule has 0 fully saturated rings. The number of nitrogens with zero attached hydrogens (tertiary/aromatic N) is 5. The molecule has 0 atom stereocenters. The summed E-state index contributed by atoms with van der Waals surface area (Å²) in [5.74, 6) is 0.932. The van der Waals surface area contributed by atoms with E-state index < -0.39 is 17.3 Å². The predicted molar refractivity (Wildman–Crippen MR) is 150 cm³/mol. The van der Waals surface area contributed by atoms with Crippen LogP contribution in [-0.4, -0.2) is 51.4 Å². The van der Waals surface area contributed by atoms with E-state index in [1.54, 1.807) is 24.9 Å². The number of amides is 1. The van der Waals surface area contributed by atoms with E-state index in [2.05, 4.69) is 20.2 Å². The second-order valence-corrected chi connectivity index (χ2v) is 11.5. The van der Waals surface area contributed by atoms with Gasteiger partial charge in [-0.15, -0.1) is 0 Å². The third-order valence-corrected chi connectivity index (χ3v) is 6.80. The van der Waals surface area contributed by atoms with Gasteiger partial charge in [0.05, 0.1) is 36.3 Å². The SMILES string of the molecule is Cc1c(N2CCc3cnc(Nc4cccc(C(C)(C)O)c4)nc3C2)cnc2c1N(C(=O)OC(C)(C)C)CCO2. The van der Waals surface area contributed by atoms with Gasteiger partial charge in [0.2, 0.25) is 11.8 Å². The summed E-state index contributed by atoms with van der Waals surface area (Å²) in [6, 6.07) is 7.60. The first-order valence-corrected chi connectivity index (χ1v) is 13.2. The molecule has 10 heteroatoms. The fourth-order valence-corrected chi connectivity index (χ4v) is 4.82. The molecule has 2 aromatic heterocycles. The van der Waals surface area contributed by atoms with Gasteiger partial charge in [-0.1, -0.05) is 12.1 Å². The molecule has 39 heavy (non-hydrogen) atoms. The Bertz CT molecular complexity index is 1400. The van der Waals surface area contributed by atoms with E-state index in [1.165, 1.54) is 0 Å². The van der Waals surface area contributed by atoms with E-state index in [0.717, 1.165) is 46.7 Å². The highest BCUT2D eigenvalue weighted by molar-refractivity contribution is 5.92. The molecule has 2 aliphatic rings. The Morgan fingerprint density at radius 2 is 1.92 bits per heavy atom. The summed E-state index contributed by atoms with van der Waals surface area (Å²) in [6.45, 7) is 13.2. The fourth-order valence-electron chi connectivity index (χ4n) is 4.82. The minimum atomic E-state index is -0.945. The highest BCUT2D eigenvalue weighted by atomic mass is 16.6. The number of anilines is 4. The first kappa shape index (κ1) is 26.7. The van der Waals surface area contributed by atoms with Gasteiger partial charge in [-0.2, -0.15) is 0 Å². The average molecular weight is 533 g/mol. The minimum Gasteiger partial charge on any atom is -0.474 e. The molecule has 0 aliphatic carbocycles. The van der Waals surface area contributed by atoms with Gasteiger partial charge in [0.25, 0.3) is 0 Å². The average Bonchev–Trinajstić information content (AvgIpc) is 2.87. The molecule has 2 aliphatic heterocycles. The molecule has 3 aromatic rings. The van der Waals surface area contributed by atoms with E-state index in [9.17, 15) is 9.90 Å². The topological polar surface area (TPSA) is 113 Å². The Kier molecular flexibility index (Phi) is 6.84. The molecular weight excluding hydrogens is 496 g/mol. The van der Waals surface area contributed by atoms with Crippen LogP contribution in [0.5, 0.6) is 5.88 Å². The predicted octanol–water partition coefficient (Wildman–Crippen LogP) is 4.85. The zero-order valence-electron chi connectivity index (χ0n) is 23.4. The monoisotopic (exact) mass is 532 g/mol. The Balaban J connectivity index is 1.39. The number of benzene rings is 1. The summed E-state index contributed by atoms with van der Waals surface area (Å²) in [4.78, 5) is 30.8. The minimum absolute atomic E-state index is 0.362. The zero-order valence-corrected chi connectivity index (χ0v) is 23.4. The van der Waals surface area contributed by atoms with Crippen LogP contribution in [0, 0.1) is 6.92 Å². The van der Waals surface area contributed by atoms with Crippen molar-refractivity contribution < 1.29 is 19.4 Å². The van der Waals surface area contributed by atoms with Crippen LogP contribution in [0.25, 0.3) is 0 Å². The van der Waals surface area contributed by atoms with Crippen LogP contribution in [0.4, 0.5) is 27.8 Å². The molecule has 2 N–H and O–H groups in total. The molecule has 0 bridgehead atoms. The lowest BCUT2D eigenvalue weighted by molar-refractivity contribution is 0.0566. The number of ether oxygens (including phenoxy) is 2. The van der Waals surface area contributed by atoms with Crippen LogP contribution < -0.4 is 19.9 Å². The van der Waals surface area contributed by atoms with Crippen molar-refractivity contribution in [3.8, 4) is 5.88 Å². The summed E-state index contributed by atoms with van der Waals surface area (Å²) in [5, 5.41) is 13.6. The Morgan fingerprint density at radius 1 is 1.13 bits per heavy atom. The van der Waals surface area contributed by atoms with Gasteiger partial charge in [-0.3, -0.25) is 4.90 Å². The van der Waals surface area contributed by atoms with Gasteiger partial charge in [-0.25, -0.2) is 19.7 Å². The molecule has 0 radical (unpaired) electrons. The van der Waals surface area contributed by atoms with Crippen LogP contribution in [0.2, 0.25) is 0 Å². The van der Waals surface area contributed by atoms with Crippen LogP contribution in [0.15, 0.2) is 36.7 Å². The molecule has 206 valence electrons. The molecule has 1 amide bonds. The van der Waals surface area contributed by atoms with Crippen molar-refractivity contribution in [3.05, 3.63) is 59.0 Å². The van der Waals surface area contributed by atoms with Gasteiger partial charge in [0, 0.05) is 24.0 Å². The highest BCUT2D eigenvalue weighted by Gasteiger charge is 2.32. The summed E-state index contributed by atoms with van der Waals surface area (Å²) in [6.07, 6.45) is 4.06. The number of nitrogens with one attached hydrogen (secondary N) is 1. The van der Waals surface area contributed by atoms with Crippen molar-refractivity contribution >= 4 is 29.1 Å². The summed E-state index contributed by atoms with van der Waals surface area (Å²) in [7, 11) is 0. The summed E-state index contributed by atoms with van der Waals surface area (Å²) < 4.78 is 11.5. The number of hydrogen-bond donors (Lipinski definition) is 2. The second-order valence-electron chi connectivity index (χ2n) is 11.5. The molecule has 0 spiro atoms. The Labute approximate surface area is 229 Å². The maximum absolute atomic E-state index is 13.0. The summed E-state index contributed by atoms with van der Waals surface area (Å²) in [5.41, 5.74) is 4.56. The third-order valence-electron chi connectivity index (χ3n) is 6.80. The zero-order chi connectivity index (χ0) is 27.9. The van der Waals surface area contributed by atoms with Gasteiger partial charge >= 0.3 is 6.09 Å². The number of aliphatic hydroxyl groups is 1. The molecule has 0 saturated heterocycles. The number of carbonyl (C=O) groups excluding carboxylic acids is 1. The third kappa shape index (κ3) is 5.75. The van der Waals surface area contributed by atoms with Crippen LogP contribution in [-0.2, 0) is 23.3 Å². The molecule has 1 aromatic carbocycles. The van der Waals surface area contributed by atoms with Gasteiger partial charge in [-0.05, 0) is 71.2 Å². The number of aromatic nitrogens is 3. The largest absolute Gasteiger partial charge is 0.474 e. The number of hydrogen-bond acceptors (Lipinski definition) is 9.